The molecule has 156 valence electrons. The topological polar surface area (TPSA) is 76.2 Å². The summed E-state index contributed by atoms with van der Waals surface area (Å²) in [7, 11) is 0. The summed E-state index contributed by atoms with van der Waals surface area (Å²) in [6.45, 7) is 1.70. The lowest BCUT2D eigenvalue weighted by Crippen LogP contribution is -2.36. The lowest BCUT2D eigenvalue weighted by Gasteiger charge is -2.27. The van der Waals surface area contributed by atoms with Crippen molar-refractivity contribution in [2.24, 2.45) is 0 Å². The predicted octanol–water partition coefficient (Wildman–Crippen LogP) is 3.76. The molecule has 0 bridgehead atoms. The molecule has 0 spiro atoms. The van der Waals surface area contributed by atoms with Crippen molar-refractivity contribution < 1.29 is 4.79 Å². The molecule has 31 heavy (non-hydrogen) atoms. The number of nitrogen functional groups attached to an aromatic ring is 1. The first-order valence-electron chi connectivity index (χ1n) is 10.5. The van der Waals surface area contributed by atoms with Crippen molar-refractivity contribution in [2.45, 2.75) is 25.6 Å². The summed E-state index contributed by atoms with van der Waals surface area (Å²) < 4.78 is 1.68. The fourth-order valence-electron chi connectivity index (χ4n) is 4.40. The van der Waals surface area contributed by atoms with Crippen molar-refractivity contribution in [3.05, 3.63) is 96.0 Å². The standard InChI is InChI=1S/C25H25N5O/c26-30-21-16-29(15-18-7-3-1-4-8-18)17-22(31)23(21)24(28-20-9-5-2-6-10-20)25(30)19-11-13-27-14-12-19/h1-9,11-14,20,28H,10,15-17,26H2. The van der Waals surface area contributed by atoms with Crippen LogP contribution in [0.25, 0.3) is 11.3 Å². The average Bonchev–Trinajstić information content (AvgIpc) is 3.07. The number of nitrogens with zero attached hydrogens (tertiary/aromatic N) is 3. The van der Waals surface area contributed by atoms with Gasteiger partial charge in [0.1, 0.15) is 0 Å². The van der Waals surface area contributed by atoms with Crippen LogP contribution in [-0.2, 0) is 13.1 Å². The van der Waals surface area contributed by atoms with Crippen molar-refractivity contribution in [3.8, 4) is 11.3 Å². The number of nitrogens with one attached hydrogen (secondary N) is 1. The number of hydrogen-bond acceptors (Lipinski definition) is 5. The number of benzene rings is 1. The summed E-state index contributed by atoms with van der Waals surface area (Å²) in [6, 6.07) is 14.2. The summed E-state index contributed by atoms with van der Waals surface area (Å²) in [5, 5.41) is 3.59. The van der Waals surface area contributed by atoms with Gasteiger partial charge < -0.3 is 11.2 Å². The Balaban J connectivity index is 1.55. The molecule has 0 saturated carbocycles. The number of nitrogens with two attached hydrogens (primary N) is 1. The van der Waals surface area contributed by atoms with Crippen LogP contribution in [0, 0.1) is 0 Å². The van der Waals surface area contributed by atoms with E-state index < -0.39 is 0 Å². The van der Waals surface area contributed by atoms with Crippen LogP contribution in [-0.4, -0.2) is 32.9 Å². The third-order valence-electron chi connectivity index (χ3n) is 5.84. The highest BCUT2D eigenvalue weighted by Gasteiger charge is 2.33. The SMILES string of the molecule is Nn1c2c(c(NC3C=CC=CC3)c1-c1ccncc1)C(=O)CN(Cc1ccccc1)C2. The number of hydrogen-bond donors (Lipinski definition) is 2. The van der Waals surface area contributed by atoms with E-state index in [0.717, 1.165) is 29.1 Å². The summed E-state index contributed by atoms with van der Waals surface area (Å²) in [4.78, 5) is 19.6. The molecular formula is C25H25N5O. The van der Waals surface area contributed by atoms with Crippen LogP contribution in [0.1, 0.15) is 28.0 Å². The maximum Gasteiger partial charge on any atom is 0.180 e. The third kappa shape index (κ3) is 3.78. The Morgan fingerprint density at radius 3 is 2.61 bits per heavy atom. The van der Waals surface area contributed by atoms with Gasteiger partial charge in [0.2, 0.25) is 0 Å². The maximum absolute atomic E-state index is 13.4. The highest BCUT2D eigenvalue weighted by atomic mass is 16.1. The van der Waals surface area contributed by atoms with Gasteiger partial charge in [-0.15, -0.1) is 0 Å². The molecule has 1 aromatic carbocycles. The molecule has 0 saturated heterocycles. The van der Waals surface area contributed by atoms with Gasteiger partial charge in [-0.2, -0.15) is 0 Å². The van der Waals surface area contributed by atoms with Crippen LogP contribution in [0.5, 0.6) is 0 Å². The summed E-state index contributed by atoms with van der Waals surface area (Å²) in [5.74, 6) is 6.72. The van der Waals surface area contributed by atoms with Gasteiger partial charge in [-0.05, 0) is 24.1 Å². The minimum absolute atomic E-state index is 0.0921. The first-order valence-corrected chi connectivity index (χ1v) is 10.5. The second kappa shape index (κ2) is 8.24. The second-order valence-corrected chi connectivity index (χ2v) is 8.00. The van der Waals surface area contributed by atoms with Crippen molar-refractivity contribution >= 4 is 11.5 Å². The molecule has 0 fully saturated rings. The van der Waals surface area contributed by atoms with Crippen LogP contribution >= 0.6 is 0 Å². The molecule has 3 aromatic rings. The highest BCUT2D eigenvalue weighted by Crippen LogP contribution is 2.38. The van der Waals surface area contributed by atoms with E-state index >= 15 is 0 Å². The van der Waals surface area contributed by atoms with Gasteiger partial charge in [-0.3, -0.25) is 19.4 Å². The van der Waals surface area contributed by atoms with Crippen molar-refractivity contribution in [3.63, 3.8) is 0 Å². The van der Waals surface area contributed by atoms with Gasteiger partial charge in [0.05, 0.1) is 29.2 Å². The quantitative estimate of drug-likeness (QED) is 0.625. The fraction of sp³-hybridized carbons (Fsp3) is 0.200. The normalized spacial score (nSPS) is 18.2. The monoisotopic (exact) mass is 411 g/mol. The number of carbonyl (C=O) groups is 1. The van der Waals surface area contributed by atoms with Gasteiger partial charge in [0.15, 0.2) is 5.78 Å². The number of aromatic nitrogens is 2. The largest absolute Gasteiger partial charge is 0.376 e. The number of carbonyl (C=O) groups excluding carboxylic acids is 1. The van der Waals surface area contributed by atoms with Crippen LogP contribution in [0.4, 0.5) is 5.69 Å². The van der Waals surface area contributed by atoms with E-state index in [1.165, 1.54) is 5.56 Å². The summed E-state index contributed by atoms with van der Waals surface area (Å²) >= 11 is 0. The van der Waals surface area contributed by atoms with E-state index in [-0.39, 0.29) is 11.8 Å². The molecule has 3 N–H and O–H groups in total. The third-order valence-corrected chi connectivity index (χ3v) is 5.84. The fourth-order valence-corrected chi connectivity index (χ4v) is 4.40. The molecule has 1 aliphatic heterocycles. The molecule has 1 aliphatic carbocycles. The van der Waals surface area contributed by atoms with E-state index in [4.69, 9.17) is 5.84 Å². The molecular weight excluding hydrogens is 386 g/mol. The first kappa shape index (κ1) is 19.3. The zero-order chi connectivity index (χ0) is 21.2. The molecule has 3 heterocycles. The van der Waals surface area contributed by atoms with E-state index in [1.807, 2.05) is 42.5 Å². The highest BCUT2D eigenvalue weighted by molar-refractivity contribution is 6.08. The van der Waals surface area contributed by atoms with E-state index in [1.54, 1.807) is 17.1 Å². The molecule has 0 radical (unpaired) electrons. The molecule has 6 heteroatoms. The minimum Gasteiger partial charge on any atom is -0.376 e. The van der Waals surface area contributed by atoms with Gasteiger partial charge in [-0.25, -0.2) is 0 Å². The second-order valence-electron chi connectivity index (χ2n) is 8.00. The van der Waals surface area contributed by atoms with E-state index in [2.05, 4.69) is 39.5 Å². The molecule has 5 rings (SSSR count). The molecule has 1 unspecified atom stereocenters. The first-order chi connectivity index (χ1) is 15.2. The number of allylic oxidation sites excluding steroid dienone is 2. The van der Waals surface area contributed by atoms with Crippen LogP contribution in [0.2, 0.25) is 0 Å². The Morgan fingerprint density at radius 2 is 1.87 bits per heavy atom. The number of Topliss-reactive ketones (excluding diaryl/α,β-unsaturated/α-hetero) is 1. The van der Waals surface area contributed by atoms with Crippen molar-refractivity contribution in [1.29, 1.82) is 0 Å². The summed E-state index contributed by atoms with van der Waals surface area (Å²) in [5.41, 5.74) is 5.31. The molecule has 2 aromatic heterocycles. The van der Waals surface area contributed by atoms with Crippen LogP contribution in [0.3, 0.4) is 0 Å². The molecule has 2 aliphatic rings. The number of ketones is 1. The molecule has 6 nitrogen and oxygen atoms in total. The van der Waals surface area contributed by atoms with Crippen molar-refractivity contribution in [2.75, 3.05) is 17.7 Å². The van der Waals surface area contributed by atoms with Crippen LogP contribution < -0.4 is 11.2 Å². The van der Waals surface area contributed by atoms with Gasteiger partial charge in [0, 0.05) is 37.1 Å². The Bertz CT molecular complexity index is 1150. The minimum atomic E-state index is 0.0921. The van der Waals surface area contributed by atoms with Crippen molar-refractivity contribution in [1.82, 2.24) is 14.6 Å². The Labute approximate surface area is 181 Å². The average molecular weight is 412 g/mol. The number of anilines is 1. The predicted molar refractivity (Wildman–Crippen MR) is 123 cm³/mol. The number of pyridine rings is 1. The number of rotatable bonds is 5. The maximum atomic E-state index is 13.4. The lowest BCUT2D eigenvalue weighted by molar-refractivity contribution is 0.0892. The van der Waals surface area contributed by atoms with Gasteiger partial charge in [-0.1, -0.05) is 54.6 Å². The number of fused-ring (bicyclic) bond motifs is 1. The summed E-state index contributed by atoms with van der Waals surface area (Å²) in [6.07, 6.45) is 12.7. The van der Waals surface area contributed by atoms with Gasteiger partial charge >= 0.3 is 0 Å². The van der Waals surface area contributed by atoms with E-state index in [9.17, 15) is 4.79 Å². The Kier molecular flexibility index (Phi) is 5.14. The molecule has 1 atom stereocenters. The van der Waals surface area contributed by atoms with Crippen LogP contribution in [0.15, 0.2) is 79.2 Å². The van der Waals surface area contributed by atoms with E-state index in [0.29, 0.717) is 25.2 Å². The van der Waals surface area contributed by atoms with Gasteiger partial charge in [0.25, 0.3) is 0 Å². The Hall–Kier alpha value is -3.64. The lowest BCUT2D eigenvalue weighted by atomic mass is 10.0. The molecule has 0 amide bonds. The Morgan fingerprint density at radius 1 is 1.06 bits per heavy atom. The smallest absolute Gasteiger partial charge is 0.180 e. The zero-order valence-corrected chi connectivity index (χ0v) is 17.2. The zero-order valence-electron chi connectivity index (χ0n) is 17.2.